The summed E-state index contributed by atoms with van der Waals surface area (Å²) < 4.78 is 0. The summed E-state index contributed by atoms with van der Waals surface area (Å²) >= 11 is 5.94. The topological polar surface area (TPSA) is 38.7 Å². The van der Waals surface area contributed by atoms with E-state index in [0.29, 0.717) is 5.15 Å². The molecule has 2 aromatic rings. The van der Waals surface area contributed by atoms with Crippen LogP contribution >= 0.6 is 11.6 Å². The van der Waals surface area contributed by atoms with Crippen molar-refractivity contribution in [3.8, 4) is 11.1 Å². The van der Waals surface area contributed by atoms with Crippen LogP contribution in [0.5, 0.6) is 0 Å². The molecule has 70 valence electrons. The first-order valence-corrected chi connectivity index (χ1v) is 4.55. The third kappa shape index (κ3) is 1.72. The molecular weight excluding hydrogens is 198 g/mol. The van der Waals surface area contributed by atoms with Crippen molar-refractivity contribution in [1.82, 2.24) is 15.2 Å². The highest BCUT2D eigenvalue weighted by Gasteiger charge is 2.04. The normalized spacial score (nSPS) is 10.1. The Morgan fingerprint density at radius 1 is 1.14 bits per heavy atom. The largest absolute Gasteiger partial charge is 0.265 e. The van der Waals surface area contributed by atoms with Gasteiger partial charge in [-0.05, 0) is 30.7 Å². The lowest BCUT2D eigenvalue weighted by molar-refractivity contribution is 0.983. The lowest BCUT2D eigenvalue weighted by Crippen LogP contribution is -1.90. The van der Waals surface area contributed by atoms with E-state index < -0.39 is 0 Å². The molecule has 0 radical (unpaired) electrons. The predicted molar refractivity (Wildman–Crippen MR) is 55.0 cm³/mol. The summed E-state index contributed by atoms with van der Waals surface area (Å²) in [7, 11) is 0. The molecule has 0 fully saturated rings. The molecule has 0 aliphatic heterocycles. The highest BCUT2D eigenvalue weighted by atomic mass is 35.5. The molecule has 0 unspecified atom stereocenters. The van der Waals surface area contributed by atoms with Gasteiger partial charge in [0.1, 0.15) is 0 Å². The van der Waals surface area contributed by atoms with E-state index in [9.17, 15) is 0 Å². The van der Waals surface area contributed by atoms with Gasteiger partial charge in [-0.2, -0.15) is 5.10 Å². The second-order valence-corrected chi connectivity index (χ2v) is 3.28. The van der Waals surface area contributed by atoms with Gasteiger partial charge in [-0.3, -0.25) is 4.98 Å². The van der Waals surface area contributed by atoms with Crippen LogP contribution in [0, 0.1) is 6.92 Å². The van der Waals surface area contributed by atoms with Crippen molar-refractivity contribution in [1.29, 1.82) is 0 Å². The number of aryl methyl sites for hydroxylation is 1. The van der Waals surface area contributed by atoms with Gasteiger partial charge in [0, 0.05) is 18.0 Å². The van der Waals surface area contributed by atoms with E-state index in [4.69, 9.17) is 11.6 Å². The zero-order chi connectivity index (χ0) is 9.97. The number of rotatable bonds is 1. The van der Waals surface area contributed by atoms with Crippen molar-refractivity contribution in [3.63, 3.8) is 0 Å². The zero-order valence-electron chi connectivity index (χ0n) is 7.61. The van der Waals surface area contributed by atoms with Gasteiger partial charge in [0.2, 0.25) is 0 Å². The molecule has 0 bridgehead atoms. The number of halogens is 1. The summed E-state index contributed by atoms with van der Waals surface area (Å²) in [5, 5.41) is 8.14. The lowest BCUT2D eigenvalue weighted by Gasteiger charge is -2.02. The molecule has 0 saturated heterocycles. The first kappa shape index (κ1) is 9.09. The Balaban J connectivity index is 2.57. The Kier molecular flexibility index (Phi) is 2.41. The van der Waals surface area contributed by atoms with Crippen LogP contribution in [0.3, 0.4) is 0 Å². The Labute approximate surface area is 86.8 Å². The van der Waals surface area contributed by atoms with Gasteiger partial charge in [-0.25, -0.2) is 0 Å². The van der Waals surface area contributed by atoms with Gasteiger partial charge >= 0.3 is 0 Å². The number of aromatic nitrogens is 3. The second-order valence-electron chi connectivity index (χ2n) is 2.93. The SMILES string of the molecule is Cc1cc(-c2ccncc2)c(Cl)nn1. The quantitative estimate of drug-likeness (QED) is 0.718. The maximum atomic E-state index is 5.94. The number of hydrogen-bond acceptors (Lipinski definition) is 3. The van der Waals surface area contributed by atoms with Gasteiger partial charge in [-0.1, -0.05) is 11.6 Å². The van der Waals surface area contributed by atoms with Crippen LogP contribution in [0.2, 0.25) is 5.15 Å². The Morgan fingerprint density at radius 2 is 1.86 bits per heavy atom. The van der Waals surface area contributed by atoms with Crippen molar-refractivity contribution in [3.05, 3.63) is 41.4 Å². The van der Waals surface area contributed by atoms with E-state index in [0.717, 1.165) is 16.8 Å². The first-order valence-electron chi connectivity index (χ1n) is 4.17. The smallest absolute Gasteiger partial charge is 0.159 e. The average Bonchev–Trinajstić information content (AvgIpc) is 2.23. The number of pyridine rings is 1. The third-order valence-electron chi connectivity index (χ3n) is 1.86. The molecule has 2 heterocycles. The van der Waals surface area contributed by atoms with E-state index >= 15 is 0 Å². The van der Waals surface area contributed by atoms with E-state index in [2.05, 4.69) is 15.2 Å². The molecule has 0 spiro atoms. The maximum Gasteiger partial charge on any atom is 0.159 e. The van der Waals surface area contributed by atoms with Gasteiger partial charge in [0.05, 0.1) is 5.69 Å². The molecule has 0 atom stereocenters. The maximum absolute atomic E-state index is 5.94. The van der Waals surface area contributed by atoms with Crippen molar-refractivity contribution in [2.24, 2.45) is 0 Å². The molecule has 0 saturated carbocycles. The van der Waals surface area contributed by atoms with Crippen LogP contribution in [-0.2, 0) is 0 Å². The highest BCUT2D eigenvalue weighted by Crippen LogP contribution is 2.24. The molecule has 0 amide bonds. The molecule has 0 aromatic carbocycles. The van der Waals surface area contributed by atoms with Gasteiger partial charge in [0.25, 0.3) is 0 Å². The van der Waals surface area contributed by atoms with Crippen molar-refractivity contribution < 1.29 is 0 Å². The van der Waals surface area contributed by atoms with E-state index in [-0.39, 0.29) is 0 Å². The van der Waals surface area contributed by atoms with Crippen LogP contribution in [0.15, 0.2) is 30.6 Å². The van der Waals surface area contributed by atoms with Crippen LogP contribution in [0.4, 0.5) is 0 Å². The molecule has 4 heteroatoms. The number of nitrogens with zero attached hydrogens (tertiary/aromatic N) is 3. The summed E-state index contributed by atoms with van der Waals surface area (Å²) in [4.78, 5) is 3.94. The predicted octanol–water partition coefficient (Wildman–Crippen LogP) is 2.50. The minimum atomic E-state index is 0.418. The average molecular weight is 206 g/mol. The summed E-state index contributed by atoms with van der Waals surface area (Å²) in [6.45, 7) is 1.88. The van der Waals surface area contributed by atoms with Gasteiger partial charge < -0.3 is 0 Å². The summed E-state index contributed by atoms with van der Waals surface area (Å²) in [5.41, 5.74) is 2.74. The lowest BCUT2D eigenvalue weighted by atomic mass is 10.1. The van der Waals surface area contributed by atoms with E-state index in [1.165, 1.54) is 0 Å². The number of hydrogen-bond donors (Lipinski definition) is 0. The first-order chi connectivity index (χ1) is 6.77. The van der Waals surface area contributed by atoms with Crippen molar-refractivity contribution in [2.75, 3.05) is 0 Å². The minimum absolute atomic E-state index is 0.418. The van der Waals surface area contributed by atoms with Gasteiger partial charge in [-0.15, -0.1) is 5.10 Å². The monoisotopic (exact) mass is 205 g/mol. The molecule has 2 aromatic heterocycles. The van der Waals surface area contributed by atoms with Gasteiger partial charge in [0.15, 0.2) is 5.15 Å². The van der Waals surface area contributed by atoms with Crippen LogP contribution < -0.4 is 0 Å². The Bertz CT molecular complexity index is 442. The van der Waals surface area contributed by atoms with Crippen LogP contribution in [0.1, 0.15) is 5.69 Å². The fourth-order valence-electron chi connectivity index (χ4n) is 1.21. The van der Waals surface area contributed by atoms with E-state index in [1.807, 2.05) is 25.1 Å². The minimum Gasteiger partial charge on any atom is -0.265 e. The van der Waals surface area contributed by atoms with Crippen LogP contribution in [-0.4, -0.2) is 15.2 Å². The summed E-state index contributed by atoms with van der Waals surface area (Å²) in [5.74, 6) is 0. The summed E-state index contributed by atoms with van der Waals surface area (Å²) in [6, 6.07) is 5.69. The Hall–Kier alpha value is -1.48. The zero-order valence-corrected chi connectivity index (χ0v) is 8.36. The molecule has 2 rings (SSSR count). The van der Waals surface area contributed by atoms with Crippen molar-refractivity contribution in [2.45, 2.75) is 6.92 Å². The molecule has 0 aliphatic rings. The highest BCUT2D eigenvalue weighted by molar-refractivity contribution is 6.32. The standard InChI is InChI=1S/C10H8ClN3/c1-7-6-9(10(11)14-13-7)8-2-4-12-5-3-8/h2-6H,1H3. The molecular formula is C10H8ClN3. The second kappa shape index (κ2) is 3.72. The van der Waals surface area contributed by atoms with Crippen LogP contribution in [0.25, 0.3) is 11.1 Å². The van der Waals surface area contributed by atoms with E-state index in [1.54, 1.807) is 12.4 Å². The van der Waals surface area contributed by atoms with Crippen molar-refractivity contribution >= 4 is 11.6 Å². The molecule has 14 heavy (non-hydrogen) atoms. The summed E-state index contributed by atoms with van der Waals surface area (Å²) in [6.07, 6.45) is 3.45. The fourth-order valence-corrected chi connectivity index (χ4v) is 1.41. The molecule has 0 N–H and O–H groups in total. The third-order valence-corrected chi connectivity index (χ3v) is 2.14. The molecule has 3 nitrogen and oxygen atoms in total. The molecule has 0 aliphatic carbocycles. The fraction of sp³-hybridized carbons (Fsp3) is 0.100. The Morgan fingerprint density at radius 3 is 2.57 bits per heavy atom.